The summed E-state index contributed by atoms with van der Waals surface area (Å²) in [5, 5.41) is 0.495. The van der Waals surface area contributed by atoms with Gasteiger partial charge in [-0.05, 0) is 35.7 Å². The van der Waals surface area contributed by atoms with E-state index in [1.54, 1.807) is 18.3 Å². The molecule has 1 atom stereocenters. The third-order valence-electron chi connectivity index (χ3n) is 2.91. The molecular formula is C14H9Br2ClF3N. The third-order valence-corrected chi connectivity index (χ3v) is 4.80. The van der Waals surface area contributed by atoms with Gasteiger partial charge in [-0.2, -0.15) is 13.2 Å². The van der Waals surface area contributed by atoms with Crippen molar-refractivity contribution in [2.45, 2.75) is 17.4 Å². The average molecular weight is 443 g/mol. The number of benzene rings is 1. The Hall–Kier alpha value is -0.590. The first kappa shape index (κ1) is 16.8. The van der Waals surface area contributed by atoms with Crippen molar-refractivity contribution >= 4 is 43.5 Å². The fourth-order valence-corrected chi connectivity index (χ4v) is 3.14. The average Bonchev–Trinajstić information content (AvgIpc) is 2.40. The molecule has 0 spiro atoms. The smallest absolute Gasteiger partial charge is 0.263 e. The van der Waals surface area contributed by atoms with E-state index >= 15 is 0 Å². The predicted octanol–water partition coefficient (Wildman–Crippen LogP) is 6.20. The minimum atomic E-state index is -4.39. The van der Waals surface area contributed by atoms with Gasteiger partial charge < -0.3 is 0 Å². The second-order valence-corrected chi connectivity index (χ2v) is 6.74. The number of aromatic nitrogens is 1. The van der Waals surface area contributed by atoms with Gasteiger partial charge in [0.15, 0.2) is 0 Å². The first-order valence-electron chi connectivity index (χ1n) is 5.88. The summed E-state index contributed by atoms with van der Waals surface area (Å²) >= 11 is 12.4. The van der Waals surface area contributed by atoms with E-state index < -0.39 is 11.7 Å². The summed E-state index contributed by atoms with van der Waals surface area (Å²) in [5.41, 5.74) is 0.675. The lowest BCUT2D eigenvalue weighted by molar-refractivity contribution is -0.138. The number of nitrogens with zero attached hydrogens (tertiary/aromatic N) is 1. The highest BCUT2D eigenvalue weighted by Crippen LogP contribution is 2.38. The molecule has 0 saturated heterocycles. The molecule has 1 unspecified atom stereocenters. The molecule has 1 nitrogen and oxygen atoms in total. The Balaban J connectivity index is 2.28. The summed E-state index contributed by atoms with van der Waals surface area (Å²) in [4.78, 5) is 3.61. The van der Waals surface area contributed by atoms with Gasteiger partial charge in [-0.3, -0.25) is 4.98 Å². The quantitative estimate of drug-likeness (QED) is 0.515. The number of halogens is 6. The highest BCUT2D eigenvalue weighted by molar-refractivity contribution is 9.10. The molecule has 0 aliphatic carbocycles. The van der Waals surface area contributed by atoms with Crippen LogP contribution in [0.3, 0.4) is 0 Å². The number of hydrogen-bond acceptors (Lipinski definition) is 1. The third kappa shape index (κ3) is 4.20. The second-order valence-electron chi connectivity index (χ2n) is 4.38. The van der Waals surface area contributed by atoms with Crippen molar-refractivity contribution in [3.05, 3.63) is 62.8 Å². The van der Waals surface area contributed by atoms with E-state index in [0.29, 0.717) is 17.0 Å². The van der Waals surface area contributed by atoms with Crippen molar-refractivity contribution in [3.63, 3.8) is 0 Å². The molecule has 2 rings (SSSR count). The lowest BCUT2D eigenvalue weighted by Gasteiger charge is -2.15. The van der Waals surface area contributed by atoms with Crippen LogP contribution < -0.4 is 0 Å². The van der Waals surface area contributed by atoms with Crippen LogP contribution in [0, 0.1) is 0 Å². The Kier molecular flexibility index (Phi) is 5.33. The van der Waals surface area contributed by atoms with Crippen LogP contribution in [0.1, 0.15) is 21.5 Å². The van der Waals surface area contributed by atoms with E-state index in [-0.39, 0.29) is 9.30 Å². The van der Waals surface area contributed by atoms with Crippen molar-refractivity contribution in [1.82, 2.24) is 4.98 Å². The molecule has 21 heavy (non-hydrogen) atoms. The predicted molar refractivity (Wildman–Crippen MR) is 83.8 cm³/mol. The highest BCUT2D eigenvalue weighted by atomic mass is 79.9. The van der Waals surface area contributed by atoms with Gasteiger partial charge in [0.05, 0.1) is 10.6 Å². The zero-order valence-corrected chi connectivity index (χ0v) is 14.4. The van der Waals surface area contributed by atoms with Gasteiger partial charge in [0.2, 0.25) is 0 Å². The maximum Gasteiger partial charge on any atom is 0.417 e. The van der Waals surface area contributed by atoms with E-state index in [9.17, 15) is 13.2 Å². The Bertz CT molecular complexity index is 646. The van der Waals surface area contributed by atoms with Gasteiger partial charge >= 0.3 is 6.18 Å². The van der Waals surface area contributed by atoms with Crippen LogP contribution in [0.15, 0.2) is 41.1 Å². The molecule has 2 aromatic rings. The molecule has 0 aliphatic heterocycles. The van der Waals surface area contributed by atoms with E-state index in [1.165, 1.54) is 12.3 Å². The van der Waals surface area contributed by atoms with Gasteiger partial charge in [-0.1, -0.05) is 49.5 Å². The summed E-state index contributed by atoms with van der Waals surface area (Å²) < 4.78 is 38.8. The van der Waals surface area contributed by atoms with Crippen molar-refractivity contribution < 1.29 is 13.2 Å². The summed E-state index contributed by atoms with van der Waals surface area (Å²) in [6, 6.07) is 5.94. The standard InChI is InChI=1S/C14H9Br2ClF3N/c15-11-2-1-8(5-10(11)14(18,19)20)12(16)6-9-3-4-21-7-13(9)17/h1-5,7,12H,6H2. The molecule has 112 valence electrons. The van der Waals surface area contributed by atoms with E-state index in [0.717, 1.165) is 11.6 Å². The number of pyridine rings is 1. The van der Waals surface area contributed by atoms with Crippen LogP contribution >= 0.6 is 43.5 Å². The van der Waals surface area contributed by atoms with Crippen LogP contribution in [0.5, 0.6) is 0 Å². The Labute approximate surface area is 141 Å². The SMILES string of the molecule is FC(F)(F)c1cc(C(Br)Cc2ccncc2Cl)ccc1Br. The van der Waals surface area contributed by atoms with Crippen LogP contribution in [-0.4, -0.2) is 4.98 Å². The van der Waals surface area contributed by atoms with Gasteiger partial charge in [-0.15, -0.1) is 0 Å². The van der Waals surface area contributed by atoms with Gasteiger partial charge in [0, 0.05) is 21.7 Å². The van der Waals surface area contributed by atoms with Crippen molar-refractivity contribution in [2.24, 2.45) is 0 Å². The first-order chi connectivity index (χ1) is 9.79. The number of alkyl halides is 4. The minimum absolute atomic E-state index is 0.0281. The molecule has 1 aromatic carbocycles. The van der Waals surface area contributed by atoms with Crippen molar-refractivity contribution in [1.29, 1.82) is 0 Å². The first-order valence-corrected chi connectivity index (χ1v) is 7.97. The van der Waals surface area contributed by atoms with Gasteiger partial charge in [-0.25, -0.2) is 0 Å². The zero-order chi connectivity index (χ0) is 15.6. The monoisotopic (exact) mass is 441 g/mol. The van der Waals surface area contributed by atoms with Crippen LogP contribution in [0.4, 0.5) is 13.2 Å². The number of hydrogen-bond donors (Lipinski definition) is 0. The molecule has 0 aliphatic rings. The van der Waals surface area contributed by atoms with E-state index in [1.807, 2.05) is 0 Å². The normalized spacial score (nSPS) is 13.2. The molecule has 0 radical (unpaired) electrons. The van der Waals surface area contributed by atoms with Crippen molar-refractivity contribution in [3.8, 4) is 0 Å². The summed E-state index contributed by atoms with van der Waals surface area (Å²) in [6.45, 7) is 0. The molecule has 0 N–H and O–H groups in total. The molecule has 1 heterocycles. The largest absolute Gasteiger partial charge is 0.417 e. The molecule has 0 saturated carbocycles. The Morgan fingerprint density at radius 3 is 2.57 bits per heavy atom. The second kappa shape index (κ2) is 6.67. The van der Waals surface area contributed by atoms with Crippen LogP contribution in [0.25, 0.3) is 0 Å². The summed E-state index contributed by atoms with van der Waals surface area (Å²) in [7, 11) is 0. The number of rotatable bonds is 3. The Morgan fingerprint density at radius 2 is 1.95 bits per heavy atom. The highest BCUT2D eigenvalue weighted by Gasteiger charge is 2.33. The van der Waals surface area contributed by atoms with Gasteiger partial charge in [0.25, 0.3) is 0 Å². The Morgan fingerprint density at radius 1 is 1.24 bits per heavy atom. The van der Waals surface area contributed by atoms with Crippen molar-refractivity contribution in [2.75, 3.05) is 0 Å². The summed E-state index contributed by atoms with van der Waals surface area (Å²) in [6.07, 6.45) is -0.806. The lowest BCUT2D eigenvalue weighted by atomic mass is 10.0. The maximum atomic E-state index is 12.9. The molecular weight excluding hydrogens is 434 g/mol. The zero-order valence-electron chi connectivity index (χ0n) is 10.5. The fraction of sp³-hybridized carbons (Fsp3) is 0.214. The summed E-state index contributed by atoms with van der Waals surface area (Å²) in [5.74, 6) is 0. The fourth-order valence-electron chi connectivity index (χ4n) is 1.84. The maximum absolute atomic E-state index is 12.9. The van der Waals surface area contributed by atoms with E-state index in [2.05, 4.69) is 36.8 Å². The molecule has 7 heteroatoms. The minimum Gasteiger partial charge on any atom is -0.263 e. The molecule has 0 fully saturated rings. The topological polar surface area (TPSA) is 12.9 Å². The van der Waals surface area contributed by atoms with E-state index in [4.69, 9.17) is 11.6 Å². The molecule has 0 bridgehead atoms. The van der Waals surface area contributed by atoms with Crippen LogP contribution in [-0.2, 0) is 12.6 Å². The lowest BCUT2D eigenvalue weighted by Crippen LogP contribution is -2.07. The van der Waals surface area contributed by atoms with Gasteiger partial charge in [0.1, 0.15) is 0 Å². The van der Waals surface area contributed by atoms with Crippen LogP contribution in [0.2, 0.25) is 5.02 Å². The molecule has 1 aromatic heterocycles. The molecule has 0 amide bonds.